The Labute approximate surface area is 253 Å². The number of hydrogen-bond acceptors (Lipinski definition) is 5. The molecule has 0 radical (unpaired) electrons. The lowest BCUT2D eigenvalue weighted by atomic mass is 9.96. The van der Waals surface area contributed by atoms with E-state index >= 15 is 0 Å². The molecule has 220 valence electrons. The molecule has 0 saturated carbocycles. The summed E-state index contributed by atoms with van der Waals surface area (Å²) in [7, 11) is 1.94. The van der Waals surface area contributed by atoms with Gasteiger partial charge in [-0.15, -0.1) is 0 Å². The molecule has 4 N–H and O–H groups in total. The molecule has 8 nitrogen and oxygen atoms in total. The van der Waals surface area contributed by atoms with Crippen molar-refractivity contribution in [2.45, 2.75) is 19.2 Å². The highest BCUT2D eigenvalue weighted by Crippen LogP contribution is 2.43. The molecule has 5 aromatic rings. The maximum Gasteiger partial charge on any atom is 0.258 e. The SMILES string of the molecule is CN1c2ccc(F)cc2C(=O)N2CCc3c([nH]c4ccc(OCc5ccc(/C=C/C(=O)Nc6ccccc6N)cc5)cc34)C21. The number of rotatable bonds is 6. The third kappa shape index (κ3) is 4.92. The number of benzene rings is 4. The highest BCUT2D eigenvalue weighted by Gasteiger charge is 2.41. The van der Waals surface area contributed by atoms with Gasteiger partial charge in [0.1, 0.15) is 24.3 Å². The van der Waals surface area contributed by atoms with Crippen LogP contribution in [0.5, 0.6) is 5.75 Å². The lowest BCUT2D eigenvalue weighted by Crippen LogP contribution is -2.51. The van der Waals surface area contributed by atoms with Gasteiger partial charge >= 0.3 is 0 Å². The van der Waals surface area contributed by atoms with Crippen molar-refractivity contribution in [1.82, 2.24) is 9.88 Å². The van der Waals surface area contributed by atoms with Gasteiger partial charge < -0.3 is 30.6 Å². The molecule has 4 aromatic carbocycles. The van der Waals surface area contributed by atoms with E-state index in [4.69, 9.17) is 10.5 Å². The first-order chi connectivity index (χ1) is 21.4. The second-order valence-corrected chi connectivity index (χ2v) is 11.1. The van der Waals surface area contributed by atoms with E-state index in [1.807, 2.05) is 66.5 Å². The average Bonchev–Trinajstić information content (AvgIpc) is 3.41. The predicted molar refractivity (Wildman–Crippen MR) is 170 cm³/mol. The van der Waals surface area contributed by atoms with Crippen molar-refractivity contribution in [3.05, 3.63) is 125 Å². The number of nitrogens with two attached hydrogens (primary N) is 1. The zero-order valence-electron chi connectivity index (χ0n) is 24.0. The normalized spacial score (nSPS) is 15.7. The van der Waals surface area contributed by atoms with Crippen LogP contribution in [0.15, 0.2) is 91.0 Å². The zero-order chi connectivity index (χ0) is 30.4. The third-order valence-corrected chi connectivity index (χ3v) is 8.29. The summed E-state index contributed by atoms with van der Waals surface area (Å²) in [4.78, 5) is 33.0. The number of nitrogens with zero attached hydrogens (tertiary/aromatic N) is 2. The van der Waals surface area contributed by atoms with Crippen LogP contribution in [0.2, 0.25) is 0 Å². The molecular weight excluding hydrogens is 557 g/mol. The second kappa shape index (κ2) is 10.9. The zero-order valence-corrected chi connectivity index (χ0v) is 24.0. The van der Waals surface area contributed by atoms with E-state index in [9.17, 15) is 14.0 Å². The standard InChI is InChI=1S/C35H30FN5O3/c1-40-31-14-11-23(36)18-27(31)35(43)41-17-16-25-26-19-24(12-13-29(26)39-33(25)34(40)41)44-20-22-8-6-21(7-9-22)10-15-32(42)38-30-5-3-2-4-28(30)37/h2-15,18-19,34,39H,16-17,20,37H2,1H3,(H,38,42)/b15-10+. The molecule has 1 aromatic heterocycles. The van der Waals surface area contributed by atoms with Crippen LogP contribution in [-0.4, -0.2) is 35.3 Å². The number of para-hydroxylation sites is 2. The predicted octanol–water partition coefficient (Wildman–Crippen LogP) is 6.27. The highest BCUT2D eigenvalue weighted by molar-refractivity contribution is 6.04. The first-order valence-electron chi connectivity index (χ1n) is 14.4. The minimum Gasteiger partial charge on any atom is -0.489 e. The molecule has 0 bridgehead atoms. The largest absolute Gasteiger partial charge is 0.489 e. The van der Waals surface area contributed by atoms with E-state index in [0.717, 1.165) is 44.7 Å². The molecule has 0 fully saturated rings. The molecule has 7 rings (SSSR count). The van der Waals surface area contributed by atoms with Gasteiger partial charge in [-0.3, -0.25) is 9.59 Å². The van der Waals surface area contributed by atoms with Crippen LogP contribution in [0.25, 0.3) is 17.0 Å². The third-order valence-electron chi connectivity index (χ3n) is 8.29. The van der Waals surface area contributed by atoms with Gasteiger partial charge in [0, 0.05) is 30.6 Å². The number of halogens is 1. The minimum atomic E-state index is -0.414. The van der Waals surface area contributed by atoms with Crippen LogP contribution >= 0.6 is 0 Å². The first kappa shape index (κ1) is 27.3. The number of aromatic nitrogens is 1. The Morgan fingerprint density at radius 2 is 1.91 bits per heavy atom. The fraction of sp³-hybridized carbons (Fsp3) is 0.143. The Bertz CT molecular complexity index is 1950. The van der Waals surface area contributed by atoms with Gasteiger partial charge in [0.2, 0.25) is 5.91 Å². The molecule has 0 saturated heterocycles. The van der Waals surface area contributed by atoms with Gasteiger partial charge in [-0.1, -0.05) is 36.4 Å². The number of carbonyl (C=O) groups is 2. The number of aromatic amines is 1. The molecular formula is C35H30FN5O3. The molecule has 0 aliphatic carbocycles. The Balaban J connectivity index is 1.04. The van der Waals surface area contributed by atoms with E-state index in [2.05, 4.69) is 10.3 Å². The van der Waals surface area contributed by atoms with Gasteiger partial charge in [0.05, 0.1) is 28.3 Å². The quantitative estimate of drug-likeness (QED) is 0.161. The molecule has 2 amide bonds. The Kier molecular flexibility index (Phi) is 6.77. The van der Waals surface area contributed by atoms with Crippen LogP contribution in [-0.2, 0) is 17.8 Å². The van der Waals surface area contributed by atoms with Crippen molar-refractivity contribution in [2.75, 3.05) is 29.5 Å². The molecule has 1 unspecified atom stereocenters. The maximum atomic E-state index is 13.9. The Morgan fingerprint density at radius 1 is 1.09 bits per heavy atom. The molecule has 9 heteroatoms. The van der Waals surface area contributed by atoms with Gasteiger partial charge in [-0.05, 0) is 77.7 Å². The van der Waals surface area contributed by atoms with Crippen LogP contribution in [0.4, 0.5) is 21.5 Å². The van der Waals surface area contributed by atoms with Gasteiger partial charge in [-0.2, -0.15) is 0 Å². The van der Waals surface area contributed by atoms with Crippen LogP contribution < -0.4 is 20.7 Å². The maximum absolute atomic E-state index is 13.9. The summed E-state index contributed by atoms with van der Waals surface area (Å²) >= 11 is 0. The first-order valence-corrected chi connectivity index (χ1v) is 14.4. The summed E-state index contributed by atoms with van der Waals surface area (Å²) in [6, 6.07) is 25.3. The summed E-state index contributed by atoms with van der Waals surface area (Å²) in [5, 5.41) is 3.85. The molecule has 2 aliphatic rings. The molecule has 3 heterocycles. The fourth-order valence-electron chi connectivity index (χ4n) is 6.08. The van der Waals surface area contributed by atoms with Crippen LogP contribution in [0.3, 0.4) is 0 Å². The number of nitrogen functional groups attached to an aromatic ring is 1. The van der Waals surface area contributed by atoms with E-state index in [0.29, 0.717) is 36.5 Å². The van der Waals surface area contributed by atoms with Gasteiger partial charge in [0.25, 0.3) is 5.91 Å². The summed E-state index contributed by atoms with van der Waals surface area (Å²) in [5.41, 5.74) is 13.1. The lowest BCUT2D eigenvalue weighted by molar-refractivity contribution is -0.111. The van der Waals surface area contributed by atoms with Crippen molar-refractivity contribution in [2.24, 2.45) is 0 Å². The topological polar surface area (TPSA) is 104 Å². The monoisotopic (exact) mass is 587 g/mol. The van der Waals surface area contributed by atoms with E-state index < -0.39 is 5.82 Å². The van der Waals surface area contributed by atoms with Crippen molar-refractivity contribution in [3.8, 4) is 5.75 Å². The number of anilines is 3. The Morgan fingerprint density at radius 3 is 2.73 bits per heavy atom. The van der Waals surface area contributed by atoms with Crippen molar-refractivity contribution in [1.29, 1.82) is 0 Å². The summed E-state index contributed by atoms with van der Waals surface area (Å²) in [6.45, 7) is 0.925. The lowest BCUT2D eigenvalue weighted by Gasteiger charge is -2.46. The number of amides is 2. The summed E-state index contributed by atoms with van der Waals surface area (Å²) < 4.78 is 20.1. The van der Waals surface area contributed by atoms with Crippen molar-refractivity contribution in [3.63, 3.8) is 0 Å². The second-order valence-electron chi connectivity index (χ2n) is 11.1. The van der Waals surface area contributed by atoms with Gasteiger partial charge in [0.15, 0.2) is 0 Å². The van der Waals surface area contributed by atoms with E-state index in [1.165, 1.54) is 18.2 Å². The minimum absolute atomic E-state index is 0.155. The number of nitrogens with one attached hydrogen (secondary N) is 2. The van der Waals surface area contributed by atoms with E-state index in [-0.39, 0.29) is 18.0 Å². The molecule has 44 heavy (non-hydrogen) atoms. The van der Waals surface area contributed by atoms with Crippen molar-refractivity contribution >= 4 is 45.9 Å². The highest BCUT2D eigenvalue weighted by atomic mass is 19.1. The molecule has 0 spiro atoms. The summed E-state index contributed by atoms with van der Waals surface area (Å²) in [5.74, 6) is -0.0794. The van der Waals surface area contributed by atoms with Crippen LogP contribution in [0.1, 0.15) is 38.9 Å². The van der Waals surface area contributed by atoms with E-state index in [1.54, 1.807) is 29.2 Å². The smallest absolute Gasteiger partial charge is 0.258 e. The number of hydrogen-bond donors (Lipinski definition) is 3. The number of fused-ring (bicyclic) bond motifs is 6. The number of carbonyl (C=O) groups excluding carboxylic acids is 2. The number of H-pyrrole nitrogens is 1. The molecule has 2 aliphatic heterocycles. The molecule has 1 atom stereocenters. The summed E-state index contributed by atoms with van der Waals surface area (Å²) in [6.07, 6.45) is 3.61. The average molecular weight is 588 g/mol. The fourth-order valence-corrected chi connectivity index (χ4v) is 6.08. The van der Waals surface area contributed by atoms with Gasteiger partial charge in [-0.25, -0.2) is 4.39 Å². The number of ether oxygens (including phenoxy) is 1. The van der Waals surface area contributed by atoms with Crippen molar-refractivity contribution < 1.29 is 18.7 Å². The van der Waals surface area contributed by atoms with Crippen LogP contribution in [0, 0.1) is 5.82 Å². The Hall–Kier alpha value is -5.57.